The minimum atomic E-state index is -0.757. The summed E-state index contributed by atoms with van der Waals surface area (Å²) in [5, 5.41) is 19.4. The van der Waals surface area contributed by atoms with Crippen molar-refractivity contribution in [1.29, 1.82) is 0 Å². The van der Waals surface area contributed by atoms with Crippen molar-refractivity contribution in [3.05, 3.63) is 65.7 Å². The molecule has 170 valence electrons. The van der Waals surface area contributed by atoms with E-state index in [-0.39, 0.29) is 12.3 Å². The smallest absolute Gasteiger partial charge is 0.303 e. The van der Waals surface area contributed by atoms with E-state index in [1.807, 2.05) is 0 Å². The van der Waals surface area contributed by atoms with Gasteiger partial charge in [0, 0.05) is 30.2 Å². The minimum Gasteiger partial charge on any atom is -0.494 e. The quantitative estimate of drug-likeness (QED) is 0.304. The van der Waals surface area contributed by atoms with Crippen molar-refractivity contribution in [2.24, 2.45) is 0 Å². The fraction of sp³-hybridized carbons (Fsp3) is 0.296. The Morgan fingerprint density at radius 2 is 1.36 bits per heavy atom. The molecule has 0 aliphatic rings. The third-order valence-electron chi connectivity index (χ3n) is 5.87. The Labute approximate surface area is 193 Å². The van der Waals surface area contributed by atoms with Gasteiger partial charge in [0.25, 0.3) is 0 Å². The molecule has 4 aromatic rings. The highest BCUT2D eigenvalue weighted by Gasteiger charge is 2.18. The molecule has 2 aromatic heterocycles. The molecule has 0 spiro atoms. The first-order chi connectivity index (χ1) is 15.9. The average Bonchev–Trinajstić information content (AvgIpc) is 3.10. The second-order valence-corrected chi connectivity index (χ2v) is 8.57. The van der Waals surface area contributed by atoms with Crippen molar-refractivity contribution in [3.63, 3.8) is 0 Å². The van der Waals surface area contributed by atoms with Gasteiger partial charge in [0.1, 0.15) is 5.52 Å². The van der Waals surface area contributed by atoms with E-state index in [0.717, 1.165) is 41.8 Å². The molecular weight excluding hydrogens is 414 g/mol. The lowest BCUT2D eigenvalue weighted by Crippen LogP contribution is -2.02. The summed E-state index contributed by atoms with van der Waals surface area (Å²) < 4.78 is 1.80. The largest absolute Gasteiger partial charge is 0.494 e. The average molecular weight is 444 g/mol. The van der Waals surface area contributed by atoms with Crippen molar-refractivity contribution >= 4 is 17.1 Å². The number of aromatic nitrogens is 3. The van der Waals surface area contributed by atoms with Gasteiger partial charge >= 0.3 is 5.97 Å². The highest BCUT2D eigenvalue weighted by Crippen LogP contribution is 2.33. The fourth-order valence-corrected chi connectivity index (χ4v) is 3.99. The standard InChI is InChI=1S/C27H29N3O3/c1-18-8-12-20(13-9-18)25-26(21-14-10-19(2)11-15-21)29-27-22(28-25)17-23(31)30(27)16-6-4-3-5-7-24(32)33/h8-15,17,31H,3-7,16H2,1-2H3,(H,32,33). The predicted molar refractivity (Wildman–Crippen MR) is 130 cm³/mol. The lowest BCUT2D eigenvalue weighted by atomic mass is 10.0. The van der Waals surface area contributed by atoms with Crippen LogP contribution in [0.5, 0.6) is 5.88 Å². The molecule has 6 heteroatoms. The van der Waals surface area contributed by atoms with Crippen LogP contribution in [-0.4, -0.2) is 30.7 Å². The second kappa shape index (κ2) is 9.86. The van der Waals surface area contributed by atoms with Crippen LogP contribution in [0.4, 0.5) is 0 Å². The van der Waals surface area contributed by atoms with Crippen LogP contribution in [-0.2, 0) is 11.3 Å². The first-order valence-electron chi connectivity index (χ1n) is 11.4. The number of aryl methyl sites for hydroxylation is 3. The summed E-state index contributed by atoms with van der Waals surface area (Å²) in [7, 11) is 0. The van der Waals surface area contributed by atoms with Crippen LogP contribution in [0.15, 0.2) is 54.6 Å². The summed E-state index contributed by atoms with van der Waals surface area (Å²) in [6.07, 6.45) is 3.45. The Morgan fingerprint density at radius 3 is 1.94 bits per heavy atom. The first kappa shape index (κ1) is 22.5. The molecule has 0 aliphatic heterocycles. The molecule has 33 heavy (non-hydrogen) atoms. The Hall–Kier alpha value is -3.67. The summed E-state index contributed by atoms with van der Waals surface area (Å²) in [6.45, 7) is 4.72. The van der Waals surface area contributed by atoms with Crippen LogP contribution in [0, 0.1) is 13.8 Å². The van der Waals surface area contributed by atoms with E-state index < -0.39 is 5.97 Å². The molecule has 0 unspecified atom stereocenters. The van der Waals surface area contributed by atoms with Crippen molar-refractivity contribution < 1.29 is 15.0 Å². The molecule has 0 aliphatic carbocycles. The molecule has 0 radical (unpaired) electrons. The first-order valence-corrected chi connectivity index (χ1v) is 11.4. The van der Waals surface area contributed by atoms with Crippen LogP contribution in [0.2, 0.25) is 0 Å². The summed E-state index contributed by atoms with van der Waals surface area (Å²) in [5.74, 6) is -0.612. The number of aromatic hydroxyl groups is 1. The zero-order valence-electron chi connectivity index (χ0n) is 19.1. The van der Waals surface area contributed by atoms with Crippen LogP contribution >= 0.6 is 0 Å². The highest BCUT2D eigenvalue weighted by molar-refractivity contribution is 5.86. The van der Waals surface area contributed by atoms with Gasteiger partial charge in [-0.15, -0.1) is 0 Å². The minimum absolute atomic E-state index is 0.145. The van der Waals surface area contributed by atoms with Crippen molar-refractivity contribution in [3.8, 4) is 28.4 Å². The number of rotatable bonds is 9. The number of nitrogens with zero attached hydrogens (tertiary/aromatic N) is 3. The van der Waals surface area contributed by atoms with Crippen LogP contribution < -0.4 is 0 Å². The van der Waals surface area contributed by atoms with Gasteiger partial charge in [-0.2, -0.15) is 0 Å². The molecule has 0 fully saturated rings. The number of benzene rings is 2. The second-order valence-electron chi connectivity index (χ2n) is 8.57. The van der Waals surface area contributed by atoms with Gasteiger partial charge in [-0.25, -0.2) is 9.97 Å². The molecule has 0 saturated heterocycles. The van der Waals surface area contributed by atoms with Gasteiger partial charge in [-0.1, -0.05) is 72.5 Å². The predicted octanol–water partition coefficient (Wildman–Crippen LogP) is 6.12. The van der Waals surface area contributed by atoms with Gasteiger partial charge < -0.3 is 10.2 Å². The molecular formula is C27H29N3O3. The Morgan fingerprint density at radius 1 is 0.818 bits per heavy atom. The van der Waals surface area contributed by atoms with Gasteiger partial charge in [0.15, 0.2) is 11.5 Å². The SMILES string of the molecule is Cc1ccc(-c2nc3cc(O)n(CCCCCCC(=O)O)c3nc2-c2ccc(C)cc2)cc1. The molecule has 2 heterocycles. The van der Waals surface area contributed by atoms with E-state index >= 15 is 0 Å². The maximum atomic E-state index is 10.7. The summed E-state index contributed by atoms with van der Waals surface area (Å²) in [6, 6.07) is 18.1. The van der Waals surface area contributed by atoms with Gasteiger partial charge in [-0.05, 0) is 26.7 Å². The lowest BCUT2D eigenvalue weighted by molar-refractivity contribution is -0.137. The highest BCUT2D eigenvalue weighted by atomic mass is 16.4. The number of hydrogen-bond donors (Lipinski definition) is 2. The molecule has 0 amide bonds. The van der Waals surface area contributed by atoms with Crippen LogP contribution in [0.3, 0.4) is 0 Å². The van der Waals surface area contributed by atoms with Gasteiger partial charge in [0.05, 0.1) is 11.4 Å². The molecule has 0 bridgehead atoms. The third kappa shape index (κ3) is 5.22. The Bertz CT molecular complexity index is 1260. The van der Waals surface area contributed by atoms with Gasteiger partial charge in [-0.3, -0.25) is 9.36 Å². The number of unbranched alkanes of at least 4 members (excludes halogenated alkanes) is 3. The topological polar surface area (TPSA) is 88.2 Å². The monoisotopic (exact) mass is 443 g/mol. The molecule has 2 N–H and O–H groups in total. The summed E-state index contributed by atoms with van der Waals surface area (Å²) in [5.41, 5.74) is 7.20. The number of carboxylic acids is 1. The number of fused-ring (bicyclic) bond motifs is 1. The zero-order valence-corrected chi connectivity index (χ0v) is 19.1. The van der Waals surface area contributed by atoms with E-state index in [1.54, 1.807) is 10.6 Å². The van der Waals surface area contributed by atoms with E-state index in [0.29, 0.717) is 24.1 Å². The number of carboxylic acid groups (broad SMARTS) is 1. The Balaban J connectivity index is 1.70. The normalized spacial score (nSPS) is 11.2. The van der Waals surface area contributed by atoms with E-state index in [4.69, 9.17) is 15.1 Å². The number of hydrogen-bond acceptors (Lipinski definition) is 4. The van der Waals surface area contributed by atoms with Gasteiger partial charge in [0.2, 0.25) is 0 Å². The third-order valence-corrected chi connectivity index (χ3v) is 5.87. The van der Waals surface area contributed by atoms with E-state index in [2.05, 4.69) is 62.4 Å². The van der Waals surface area contributed by atoms with Crippen LogP contribution in [0.1, 0.15) is 43.2 Å². The van der Waals surface area contributed by atoms with Crippen molar-refractivity contribution in [2.75, 3.05) is 0 Å². The summed E-state index contributed by atoms with van der Waals surface area (Å²) in [4.78, 5) is 20.6. The molecule has 2 aromatic carbocycles. The van der Waals surface area contributed by atoms with Crippen LogP contribution in [0.25, 0.3) is 33.7 Å². The molecule has 0 saturated carbocycles. The molecule has 0 atom stereocenters. The number of carbonyl (C=O) groups is 1. The van der Waals surface area contributed by atoms with Crippen molar-refractivity contribution in [1.82, 2.24) is 14.5 Å². The molecule has 4 rings (SSSR count). The Kier molecular flexibility index (Phi) is 6.73. The zero-order chi connectivity index (χ0) is 23.4. The summed E-state index contributed by atoms with van der Waals surface area (Å²) >= 11 is 0. The molecule has 6 nitrogen and oxygen atoms in total. The maximum Gasteiger partial charge on any atom is 0.303 e. The van der Waals surface area contributed by atoms with E-state index in [1.165, 1.54) is 11.1 Å². The maximum absolute atomic E-state index is 10.7. The fourth-order valence-electron chi connectivity index (χ4n) is 3.99. The van der Waals surface area contributed by atoms with Crippen molar-refractivity contribution in [2.45, 2.75) is 52.5 Å². The van der Waals surface area contributed by atoms with E-state index in [9.17, 15) is 9.90 Å². The number of aliphatic carboxylic acids is 1. The lowest BCUT2D eigenvalue weighted by Gasteiger charge is -2.12.